The van der Waals surface area contributed by atoms with E-state index in [-0.39, 0.29) is 27.9 Å². The molecule has 1 amide bonds. The van der Waals surface area contributed by atoms with Crippen LogP contribution in [-0.4, -0.2) is 19.5 Å². The first-order valence-electron chi connectivity index (χ1n) is 9.34. The van der Waals surface area contributed by atoms with E-state index in [1.54, 1.807) is 49.4 Å². The first-order chi connectivity index (χ1) is 14.8. The molecule has 3 aromatic carbocycles. The largest absolute Gasteiger partial charge is 0.356 e. The zero-order chi connectivity index (χ0) is 22.0. The van der Waals surface area contributed by atoms with Gasteiger partial charge in [0.25, 0.3) is 10.0 Å². The molecule has 0 saturated carbocycles. The van der Waals surface area contributed by atoms with E-state index in [9.17, 15) is 13.2 Å². The van der Waals surface area contributed by atoms with E-state index in [1.165, 1.54) is 6.07 Å². The predicted octanol–water partition coefficient (Wildman–Crippen LogP) is 4.77. The van der Waals surface area contributed by atoms with Crippen LogP contribution in [0.1, 0.15) is 11.3 Å². The highest BCUT2D eigenvalue weighted by Crippen LogP contribution is 2.27. The number of carbonyl (C=O) groups excluding carboxylic acids is 1. The molecule has 0 spiro atoms. The summed E-state index contributed by atoms with van der Waals surface area (Å²) in [6, 6.07) is 18.5. The SMILES string of the molecule is Cc1ccc(NC(=O)Cc2noc3ccccc23)cc1S(=O)(=O)Nc1ccccc1Cl. The lowest BCUT2D eigenvalue weighted by Crippen LogP contribution is -2.17. The number of hydrogen-bond acceptors (Lipinski definition) is 5. The molecule has 4 aromatic rings. The summed E-state index contributed by atoms with van der Waals surface area (Å²) in [7, 11) is -3.92. The van der Waals surface area contributed by atoms with Gasteiger partial charge in [-0.2, -0.15) is 0 Å². The number of nitrogens with zero attached hydrogens (tertiary/aromatic N) is 1. The van der Waals surface area contributed by atoms with Crippen molar-refractivity contribution in [1.29, 1.82) is 0 Å². The average molecular weight is 456 g/mol. The Hall–Kier alpha value is -3.36. The van der Waals surface area contributed by atoms with Gasteiger partial charge in [0.2, 0.25) is 5.91 Å². The van der Waals surface area contributed by atoms with E-state index < -0.39 is 10.0 Å². The van der Waals surface area contributed by atoms with Crippen LogP contribution in [-0.2, 0) is 21.2 Å². The van der Waals surface area contributed by atoms with Crippen molar-refractivity contribution in [3.8, 4) is 0 Å². The standard InChI is InChI=1S/C22H18ClN3O4S/c1-14-10-11-15(12-21(14)31(28,29)26-18-8-4-3-7-17(18)23)24-22(27)13-19-16-6-2-5-9-20(16)30-25-19/h2-12,26H,13H2,1H3,(H,24,27). The Bertz CT molecular complexity index is 1380. The molecule has 158 valence electrons. The number of benzene rings is 3. The van der Waals surface area contributed by atoms with E-state index in [0.717, 1.165) is 5.39 Å². The maximum Gasteiger partial charge on any atom is 0.262 e. The van der Waals surface area contributed by atoms with Crippen LogP contribution < -0.4 is 10.0 Å². The molecule has 0 aliphatic carbocycles. The zero-order valence-corrected chi connectivity index (χ0v) is 18.0. The normalized spacial score (nSPS) is 11.4. The number of nitrogens with one attached hydrogen (secondary N) is 2. The van der Waals surface area contributed by atoms with Gasteiger partial charge in [0.05, 0.1) is 22.0 Å². The average Bonchev–Trinajstić information content (AvgIpc) is 3.14. The minimum atomic E-state index is -3.92. The first-order valence-corrected chi connectivity index (χ1v) is 11.2. The van der Waals surface area contributed by atoms with Gasteiger partial charge in [0, 0.05) is 11.1 Å². The van der Waals surface area contributed by atoms with E-state index in [2.05, 4.69) is 15.2 Å². The van der Waals surface area contributed by atoms with Gasteiger partial charge in [0.1, 0.15) is 5.69 Å². The second-order valence-corrected chi connectivity index (χ2v) is 8.97. The van der Waals surface area contributed by atoms with E-state index in [0.29, 0.717) is 22.5 Å². The third kappa shape index (κ3) is 4.55. The van der Waals surface area contributed by atoms with Gasteiger partial charge in [-0.25, -0.2) is 8.42 Å². The van der Waals surface area contributed by atoms with Gasteiger partial charge in [-0.1, -0.05) is 47.1 Å². The molecule has 0 unspecified atom stereocenters. The fourth-order valence-electron chi connectivity index (χ4n) is 3.13. The lowest BCUT2D eigenvalue weighted by molar-refractivity contribution is -0.115. The van der Waals surface area contributed by atoms with E-state index in [4.69, 9.17) is 16.1 Å². The second kappa shape index (κ2) is 8.41. The highest BCUT2D eigenvalue weighted by molar-refractivity contribution is 7.92. The van der Waals surface area contributed by atoms with Crippen LogP contribution in [0.5, 0.6) is 0 Å². The predicted molar refractivity (Wildman–Crippen MR) is 120 cm³/mol. The summed E-state index contributed by atoms with van der Waals surface area (Å²) in [5, 5.41) is 7.71. The number of sulfonamides is 1. The van der Waals surface area contributed by atoms with Crippen molar-refractivity contribution in [2.75, 3.05) is 10.0 Å². The van der Waals surface area contributed by atoms with E-state index in [1.807, 2.05) is 18.2 Å². The molecule has 0 bridgehead atoms. The summed E-state index contributed by atoms with van der Waals surface area (Å²) < 4.78 is 33.5. The number of halogens is 1. The highest BCUT2D eigenvalue weighted by atomic mass is 35.5. The van der Waals surface area contributed by atoms with Crippen LogP contribution in [0.15, 0.2) is 76.1 Å². The summed E-state index contributed by atoms with van der Waals surface area (Å²) in [6.07, 6.45) is -0.00908. The lowest BCUT2D eigenvalue weighted by atomic mass is 10.1. The first kappa shape index (κ1) is 20.9. The maximum atomic E-state index is 12.9. The van der Waals surface area contributed by atoms with Crippen LogP contribution in [0, 0.1) is 6.92 Å². The molecule has 1 aromatic heterocycles. The molecule has 0 aliphatic rings. The number of anilines is 2. The fraction of sp³-hybridized carbons (Fsp3) is 0.0909. The quantitative estimate of drug-likeness (QED) is 0.436. The van der Waals surface area contributed by atoms with Crippen molar-refractivity contribution in [3.63, 3.8) is 0 Å². The molecule has 0 saturated heterocycles. The Kier molecular flexibility index (Phi) is 5.67. The molecule has 9 heteroatoms. The van der Waals surface area contributed by atoms with Crippen LogP contribution in [0.2, 0.25) is 5.02 Å². The van der Waals surface area contributed by atoms with Gasteiger partial charge in [0.15, 0.2) is 5.58 Å². The highest BCUT2D eigenvalue weighted by Gasteiger charge is 2.20. The van der Waals surface area contributed by atoms with Crippen molar-refractivity contribution < 1.29 is 17.7 Å². The van der Waals surface area contributed by atoms with Crippen LogP contribution in [0.3, 0.4) is 0 Å². The maximum absolute atomic E-state index is 12.9. The Morgan fingerprint density at radius 1 is 1.06 bits per heavy atom. The molecular weight excluding hydrogens is 438 g/mol. The van der Waals surface area contributed by atoms with Crippen molar-refractivity contribution in [2.24, 2.45) is 0 Å². The summed E-state index contributed by atoms with van der Waals surface area (Å²) in [6.45, 7) is 1.67. The Balaban J connectivity index is 1.54. The summed E-state index contributed by atoms with van der Waals surface area (Å²) in [5.74, 6) is -0.342. The number of aryl methyl sites for hydroxylation is 1. The van der Waals surface area contributed by atoms with Crippen LogP contribution >= 0.6 is 11.6 Å². The number of hydrogen-bond donors (Lipinski definition) is 2. The monoisotopic (exact) mass is 455 g/mol. The van der Waals surface area contributed by atoms with Crippen molar-refractivity contribution >= 4 is 49.9 Å². The smallest absolute Gasteiger partial charge is 0.262 e. The second-order valence-electron chi connectivity index (χ2n) is 6.92. The van der Waals surface area contributed by atoms with Crippen molar-refractivity contribution in [3.05, 3.63) is 83.0 Å². The number of para-hydroxylation sites is 2. The molecule has 0 atom stereocenters. The molecule has 0 radical (unpaired) electrons. The molecule has 4 rings (SSSR count). The molecular formula is C22H18ClN3O4S. The summed E-state index contributed by atoms with van der Waals surface area (Å²) in [4.78, 5) is 12.6. The third-order valence-corrected chi connectivity index (χ3v) is 6.50. The van der Waals surface area contributed by atoms with Gasteiger partial charge in [-0.15, -0.1) is 0 Å². The van der Waals surface area contributed by atoms with E-state index >= 15 is 0 Å². The van der Waals surface area contributed by atoms with Crippen molar-refractivity contribution in [2.45, 2.75) is 18.2 Å². The lowest BCUT2D eigenvalue weighted by Gasteiger charge is -2.13. The van der Waals surface area contributed by atoms with Crippen molar-refractivity contribution in [1.82, 2.24) is 5.16 Å². The Morgan fingerprint density at radius 3 is 2.61 bits per heavy atom. The Labute approximate surface area is 184 Å². The molecule has 1 heterocycles. The van der Waals surface area contributed by atoms with Gasteiger partial charge < -0.3 is 9.84 Å². The summed E-state index contributed by atoms with van der Waals surface area (Å²) >= 11 is 6.07. The molecule has 2 N–H and O–H groups in total. The number of rotatable bonds is 6. The third-order valence-electron chi connectivity index (χ3n) is 4.66. The zero-order valence-electron chi connectivity index (χ0n) is 16.4. The molecule has 31 heavy (non-hydrogen) atoms. The van der Waals surface area contributed by atoms with Gasteiger partial charge in [-0.3, -0.25) is 9.52 Å². The van der Waals surface area contributed by atoms with Gasteiger partial charge in [-0.05, 0) is 48.9 Å². The fourth-order valence-corrected chi connectivity index (χ4v) is 4.72. The molecule has 0 aliphatic heterocycles. The molecule has 7 nitrogen and oxygen atoms in total. The minimum absolute atomic E-state index is 0.00908. The van der Waals surface area contributed by atoms with Crippen LogP contribution in [0.25, 0.3) is 11.0 Å². The minimum Gasteiger partial charge on any atom is -0.356 e. The number of fused-ring (bicyclic) bond motifs is 1. The topological polar surface area (TPSA) is 101 Å². The number of carbonyl (C=O) groups is 1. The van der Waals surface area contributed by atoms with Crippen LogP contribution in [0.4, 0.5) is 11.4 Å². The molecule has 0 fully saturated rings. The Morgan fingerprint density at radius 2 is 1.81 bits per heavy atom. The summed E-state index contributed by atoms with van der Waals surface area (Å²) in [5.41, 5.74) is 2.26. The van der Waals surface area contributed by atoms with Gasteiger partial charge >= 0.3 is 0 Å². The number of amides is 1. The number of aromatic nitrogens is 1.